The van der Waals surface area contributed by atoms with Gasteiger partial charge in [-0.05, 0) is 12.2 Å². The summed E-state index contributed by atoms with van der Waals surface area (Å²) in [7, 11) is 0. The van der Waals surface area contributed by atoms with Crippen molar-refractivity contribution in [3.05, 3.63) is 35.3 Å². The molecule has 0 aliphatic heterocycles. The maximum absolute atomic E-state index is 10.6. The normalized spacial score (nSPS) is 19.8. The van der Waals surface area contributed by atoms with Gasteiger partial charge in [0.05, 0.1) is 5.57 Å². The minimum absolute atomic E-state index is 0.241. The molecule has 1 aliphatic carbocycles. The highest BCUT2D eigenvalue weighted by molar-refractivity contribution is 5.98. The number of carbonyl (C=O) groups is 1. The monoisotopic (exact) mass is 152 g/mol. The maximum Gasteiger partial charge on any atom is 0.249 e. The van der Waals surface area contributed by atoms with Crippen molar-refractivity contribution in [2.75, 3.05) is 0 Å². The summed E-state index contributed by atoms with van der Waals surface area (Å²) < 4.78 is 0. The zero-order valence-corrected chi connectivity index (χ0v) is 5.74. The summed E-state index contributed by atoms with van der Waals surface area (Å²) in [4.78, 5) is 10.6. The van der Waals surface area contributed by atoms with Crippen LogP contribution in [0.5, 0.6) is 0 Å². The van der Waals surface area contributed by atoms with Crippen molar-refractivity contribution >= 4 is 5.91 Å². The molecule has 58 valence electrons. The maximum atomic E-state index is 10.6. The second-order valence-corrected chi connectivity index (χ2v) is 2.10. The van der Waals surface area contributed by atoms with E-state index in [9.17, 15) is 4.79 Å². The highest BCUT2D eigenvalue weighted by atomic mass is 16.3. The topological polar surface area (TPSA) is 89.3 Å². The van der Waals surface area contributed by atoms with Gasteiger partial charge >= 0.3 is 0 Å². The first-order chi connectivity index (χ1) is 5.13. The molecule has 1 amide bonds. The smallest absolute Gasteiger partial charge is 0.249 e. The van der Waals surface area contributed by atoms with Gasteiger partial charge in [0.2, 0.25) is 5.91 Å². The summed E-state index contributed by atoms with van der Waals surface area (Å²) >= 11 is 0. The van der Waals surface area contributed by atoms with E-state index in [-0.39, 0.29) is 17.0 Å². The van der Waals surface area contributed by atoms with Gasteiger partial charge < -0.3 is 16.6 Å². The molecule has 0 aromatic carbocycles. The molecule has 0 saturated carbocycles. The predicted molar refractivity (Wildman–Crippen MR) is 40.3 cm³/mol. The molecule has 11 heavy (non-hydrogen) atoms. The van der Waals surface area contributed by atoms with Crippen molar-refractivity contribution in [2.24, 2.45) is 11.5 Å². The minimum Gasteiger partial charge on any atom is -0.495 e. The molecule has 0 aromatic heterocycles. The third-order valence-corrected chi connectivity index (χ3v) is 1.36. The van der Waals surface area contributed by atoms with Crippen LogP contribution < -0.4 is 11.5 Å². The van der Waals surface area contributed by atoms with Gasteiger partial charge in [0.15, 0.2) is 5.88 Å². The molecule has 0 saturated heterocycles. The molecule has 1 aliphatic rings. The van der Waals surface area contributed by atoms with Gasteiger partial charge in [-0.3, -0.25) is 4.79 Å². The fourth-order valence-corrected chi connectivity index (χ4v) is 0.858. The molecule has 0 unspecified atom stereocenters. The molecular formula is C7H8N2O2. The summed E-state index contributed by atoms with van der Waals surface area (Å²) in [5, 5.41) is 8.83. The second kappa shape index (κ2) is 2.49. The van der Waals surface area contributed by atoms with Crippen LogP contribution >= 0.6 is 0 Å². The van der Waals surface area contributed by atoms with Crippen LogP contribution in [0.1, 0.15) is 0 Å². The minimum atomic E-state index is -0.595. The molecule has 1 rings (SSSR count). The second-order valence-electron chi connectivity index (χ2n) is 2.10. The van der Waals surface area contributed by atoms with Gasteiger partial charge in [0, 0.05) is 5.57 Å². The van der Waals surface area contributed by atoms with Crippen molar-refractivity contribution in [2.45, 2.75) is 0 Å². The van der Waals surface area contributed by atoms with E-state index in [4.69, 9.17) is 16.6 Å². The fraction of sp³-hybridized carbons (Fsp3) is 0. The zero-order valence-electron chi connectivity index (χ0n) is 5.74. The lowest BCUT2D eigenvalue weighted by atomic mass is 10.1. The fourth-order valence-electron chi connectivity index (χ4n) is 0.858. The van der Waals surface area contributed by atoms with Crippen LogP contribution in [0.25, 0.3) is 0 Å². The van der Waals surface area contributed by atoms with E-state index >= 15 is 0 Å². The largest absolute Gasteiger partial charge is 0.495 e. The van der Waals surface area contributed by atoms with Crippen molar-refractivity contribution in [1.82, 2.24) is 0 Å². The number of amides is 1. The van der Waals surface area contributed by atoms with Crippen LogP contribution in [0.4, 0.5) is 0 Å². The Bertz CT molecular complexity index is 283. The molecule has 4 heteroatoms. The number of hydrogen-bond donors (Lipinski definition) is 3. The first-order valence-corrected chi connectivity index (χ1v) is 3.00. The Morgan fingerprint density at radius 2 is 2.09 bits per heavy atom. The Labute approximate surface area is 63.5 Å². The van der Waals surface area contributed by atoms with E-state index < -0.39 is 5.91 Å². The van der Waals surface area contributed by atoms with E-state index in [0.717, 1.165) is 0 Å². The highest BCUT2D eigenvalue weighted by Gasteiger charge is 2.14. The number of rotatable bonds is 1. The molecule has 0 spiro atoms. The third-order valence-electron chi connectivity index (χ3n) is 1.36. The molecule has 0 atom stereocenters. The highest BCUT2D eigenvalue weighted by Crippen LogP contribution is 2.18. The van der Waals surface area contributed by atoms with Gasteiger partial charge in [-0.15, -0.1) is 0 Å². The van der Waals surface area contributed by atoms with Crippen molar-refractivity contribution in [3.63, 3.8) is 0 Å². The van der Waals surface area contributed by atoms with Gasteiger partial charge in [0.25, 0.3) is 0 Å². The zero-order chi connectivity index (χ0) is 8.43. The number of nitrogens with two attached hydrogens (primary N) is 2. The summed E-state index contributed by atoms with van der Waals surface area (Å²) in [5.41, 5.74) is 10.6. The molecule has 5 N–H and O–H groups in total. The molecular weight excluding hydrogens is 144 g/mol. The lowest BCUT2D eigenvalue weighted by molar-refractivity contribution is -0.114. The summed E-state index contributed by atoms with van der Waals surface area (Å²) in [5.74, 6) is -0.981. The van der Waals surface area contributed by atoms with E-state index in [2.05, 4.69) is 0 Å². The Morgan fingerprint density at radius 3 is 2.45 bits per heavy atom. The van der Waals surface area contributed by atoms with Crippen LogP contribution in [-0.2, 0) is 4.79 Å². The average molecular weight is 152 g/mol. The molecule has 4 nitrogen and oxygen atoms in total. The van der Waals surface area contributed by atoms with Gasteiger partial charge in [-0.1, -0.05) is 6.08 Å². The number of aliphatic hydroxyl groups is 1. The van der Waals surface area contributed by atoms with E-state index in [1.807, 2.05) is 0 Å². The van der Waals surface area contributed by atoms with Crippen LogP contribution in [0.15, 0.2) is 35.3 Å². The molecule has 0 radical (unpaired) electrons. The Morgan fingerprint density at radius 1 is 1.45 bits per heavy atom. The molecule has 0 aromatic rings. The SMILES string of the molecule is NC(=O)C1=CC=C/C1=C(\N)O. The van der Waals surface area contributed by atoms with Crippen molar-refractivity contribution in [3.8, 4) is 0 Å². The average Bonchev–Trinajstić information content (AvgIpc) is 2.32. The van der Waals surface area contributed by atoms with Crippen molar-refractivity contribution < 1.29 is 9.90 Å². The summed E-state index contributed by atoms with van der Waals surface area (Å²) in [6.07, 6.45) is 4.62. The lowest BCUT2D eigenvalue weighted by Crippen LogP contribution is -2.16. The van der Waals surface area contributed by atoms with E-state index in [0.29, 0.717) is 0 Å². The standard InChI is InChI=1S/C7H8N2O2/c8-6(10)4-2-1-3-5(4)7(9)11/h1-3,10H,8H2,(H2,9,11)/b6-4-. The predicted octanol–water partition coefficient (Wildman–Crippen LogP) is -0.304. The first kappa shape index (κ1) is 7.40. The van der Waals surface area contributed by atoms with Crippen molar-refractivity contribution in [1.29, 1.82) is 0 Å². The van der Waals surface area contributed by atoms with E-state index in [1.165, 1.54) is 12.2 Å². The molecule has 0 fully saturated rings. The number of primary amides is 1. The van der Waals surface area contributed by atoms with E-state index in [1.54, 1.807) is 6.08 Å². The van der Waals surface area contributed by atoms with Crippen LogP contribution in [0.3, 0.4) is 0 Å². The summed E-state index contributed by atoms with van der Waals surface area (Å²) in [6, 6.07) is 0. The quantitative estimate of drug-likeness (QED) is 0.450. The number of allylic oxidation sites excluding steroid dienone is 3. The number of hydrogen-bond acceptors (Lipinski definition) is 3. The lowest BCUT2D eigenvalue weighted by Gasteiger charge is -1.99. The van der Waals surface area contributed by atoms with Crippen LogP contribution in [0, 0.1) is 0 Å². The van der Waals surface area contributed by atoms with Crippen LogP contribution in [-0.4, -0.2) is 11.0 Å². The number of carbonyl (C=O) groups excluding carboxylic acids is 1. The van der Waals surface area contributed by atoms with Gasteiger partial charge in [-0.2, -0.15) is 0 Å². The third kappa shape index (κ3) is 1.24. The summed E-state index contributed by atoms with van der Waals surface area (Å²) in [6.45, 7) is 0. The number of aliphatic hydroxyl groups excluding tert-OH is 1. The Balaban J connectivity index is 3.05. The Kier molecular flexibility index (Phi) is 1.68. The molecule has 0 bridgehead atoms. The van der Waals surface area contributed by atoms with Crippen LogP contribution in [0.2, 0.25) is 0 Å². The Hall–Kier alpha value is -1.71. The van der Waals surface area contributed by atoms with Gasteiger partial charge in [0.1, 0.15) is 0 Å². The molecule has 0 heterocycles. The van der Waals surface area contributed by atoms with Gasteiger partial charge in [-0.25, -0.2) is 0 Å². The first-order valence-electron chi connectivity index (χ1n) is 3.00.